The van der Waals surface area contributed by atoms with Gasteiger partial charge in [0.15, 0.2) is 0 Å². The quantitative estimate of drug-likeness (QED) is 0.685. The van der Waals surface area contributed by atoms with E-state index in [1.165, 1.54) is 7.11 Å². The molecule has 1 N–H and O–H groups in total. The summed E-state index contributed by atoms with van der Waals surface area (Å²) in [6.45, 7) is 1.91. The normalized spacial score (nSPS) is 27.2. The van der Waals surface area contributed by atoms with Crippen molar-refractivity contribution in [3.63, 3.8) is 0 Å². The van der Waals surface area contributed by atoms with Crippen LogP contribution in [-0.4, -0.2) is 63.1 Å². The van der Waals surface area contributed by atoms with Gasteiger partial charge in [0.25, 0.3) is 0 Å². The highest BCUT2D eigenvalue weighted by atomic mass is 16.5. The third-order valence-electron chi connectivity index (χ3n) is 5.10. The van der Waals surface area contributed by atoms with Crippen molar-refractivity contribution in [1.29, 1.82) is 0 Å². The third-order valence-corrected chi connectivity index (χ3v) is 5.10. The first-order valence-corrected chi connectivity index (χ1v) is 8.69. The van der Waals surface area contributed by atoms with Crippen LogP contribution in [0.4, 0.5) is 0 Å². The Hall–Kier alpha value is -1.63. The summed E-state index contributed by atoms with van der Waals surface area (Å²) in [5.41, 5.74) is 0. The fourth-order valence-electron chi connectivity index (χ4n) is 3.66. The Balaban J connectivity index is 1.82. The van der Waals surface area contributed by atoms with Crippen molar-refractivity contribution in [1.82, 2.24) is 10.2 Å². The van der Waals surface area contributed by atoms with Gasteiger partial charge in [-0.1, -0.05) is 12.8 Å². The van der Waals surface area contributed by atoms with Gasteiger partial charge in [-0.25, -0.2) is 0 Å². The molecule has 1 aliphatic heterocycles. The molecule has 2 aliphatic rings. The van der Waals surface area contributed by atoms with Crippen molar-refractivity contribution in [3.05, 3.63) is 0 Å². The smallest absolute Gasteiger partial charge is 0.309 e. The van der Waals surface area contributed by atoms with E-state index in [9.17, 15) is 14.4 Å². The minimum absolute atomic E-state index is 0.00250. The molecule has 2 amide bonds. The molecule has 24 heavy (non-hydrogen) atoms. The van der Waals surface area contributed by atoms with Crippen LogP contribution >= 0.6 is 0 Å². The molecule has 136 valence electrons. The van der Waals surface area contributed by atoms with Crippen molar-refractivity contribution >= 4 is 17.8 Å². The number of nitrogens with one attached hydrogen (secondary N) is 1. The molecule has 1 heterocycles. The average molecular weight is 340 g/mol. The lowest BCUT2D eigenvalue weighted by molar-refractivity contribution is -0.149. The summed E-state index contributed by atoms with van der Waals surface area (Å²) in [6, 6.07) is 0. The lowest BCUT2D eigenvalue weighted by Crippen LogP contribution is -2.40. The van der Waals surface area contributed by atoms with Crippen LogP contribution in [0, 0.1) is 17.8 Å². The lowest BCUT2D eigenvalue weighted by Gasteiger charge is -2.29. The fourth-order valence-corrected chi connectivity index (χ4v) is 3.66. The maximum absolute atomic E-state index is 12.4. The molecule has 7 nitrogen and oxygen atoms in total. The summed E-state index contributed by atoms with van der Waals surface area (Å²) in [4.78, 5) is 37.8. The number of methoxy groups -OCH3 is 2. The number of hydrogen-bond donors (Lipinski definition) is 1. The summed E-state index contributed by atoms with van der Waals surface area (Å²) in [5.74, 6) is -0.607. The van der Waals surface area contributed by atoms with Crippen LogP contribution < -0.4 is 5.32 Å². The Labute approximate surface area is 143 Å². The molecular weight excluding hydrogens is 312 g/mol. The van der Waals surface area contributed by atoms with Crippen molar-refractivity contribution in [3.8, 4) is 0 Å². The van der Waals surface area contributed by atoms with E-state index in [1.54, 1.807) is 12.0 Å². The van der Waals surface area contributed by atoms with Crippen molar-refractivity contribution in [2.75, 3.05) is 40.5 Å². The van der Waals surface area contributed by atoms with Gasteiger partial charge >= 0.3 is 5.97 Å². The molecule has 7 heteroatoms. The van der Waals surface area contributed by atoms with Gasteiger partial charge in [-0.05, 0) is 18.8 Å². The Kier molecular flexibility index (Phi) is 7.02. The van der Waals surface area contributed by atoms with E-state index in [0.29, 0.717) is 26.2 Å². The average Bonchev–Trinajstić information content (AvgIpc) is 2.98. The van der Waals surface area contributed by atoms with Gasteiger partial charge in [-0.15, -0.1) is 0 Å². The number of ether oxygens (including phenoxy) is 2. The van der Waals surface area contributed by atoms with Crippen LogP contribution in [0.1, 0.15) is 32.1 Å². The monoisotopic (exact) mass is 340 g/mol. The molecule has 0 radical (unpaired) electrons. The molecule has 1 saturated carbocycles. The summed E-state index contributed by atoms with van der Waals surface area (Å²) in [7, 11) is 3.00. The number of rotatable bonds is 7. The van der Waals surface area contributed by atoms with Gasteiger partial charge in [-0.3, -0.25) is 14.4 Å². The van der Waals surface area contributed by atoms with Crippen LogP contribution in [0.15, 0.2) is 0 Å². The minimum Gasteiger partial charge on any atom is -0.469 e. The number of carbonyl (C=O) groups excluding carboxylic acids is 3. The molecule has 0 aromatic rings. The molecule has 0 spiro atoms. The van der Waals surface area contributed by atoms with Crippen LogP contribution in [0.5, 0.6) is 0 Å². The maximum Gasteiger partial charge on any atom is 0.309 e. The zero-order valence-electron chi connectivity index (χ0n) is 14.6. The fraction of sp³-hybridized carbons (Fsp3) is 0.824. The first-order chi connectivity index (χ1) is 11.6. The number of amides is 2. The number of esters is 1. The predicted octanol–water partition coefficient (Wildman–Crippen LogP) is 0.577. The molecule has 0 aromatic heterocycles. The van der Waals surface area contributed by atoms with E-state index >= 15 is 0 Å². The standard InChI is InChI=1S/C17H28N2O5/c1-23-8-7-19-11-13(9-15(19)20)16(21)18-10-12-5-3-4-6-14(12)17(22)24-2/h12-14H,3-11H2,1-2H3,(H,18,21). The van der Waals surface area contributed by atoms with E-state index in [2.05, 4.69) is 5.32 Å². The van der Waals surface area contributed by atoms with E-state index in [1.807, 2.05) is 0 Å². The molecule has 3 unspecified atom stereocenters. The largest absolute Gasteiger partial charge is 0.469 e. The lowest BCUT2D eigenvalue weighted by atomic mass is 9.79. The first-order valence-electron chi connectivity index (χ1n) is 8.69. The molecule has 0 bridgehead atoms. The topological polar surface area (TPSA) is 84.9 Å². The molecule has 0 aromatic carbocycles. The number of carbonyl (C=O) groups is 3. The summed E-state index contributed by atoms with van der Waals surface area (Å²) in [6.07, 6.45) is 4.08. The molecular formula is C17H28N2O5. The van der Waals surface area contributed by atoms with Gasteiger partial charge < -0.3 is 19.7 Å². The van der Waals surface area contributed by atoms with Gasteiger partial charge in [0.05, 0.1) is 25.6 Å². The number of likely N-dealkylation sites (tertiary alicyclic amines) is 1. The Morgan fingerprint density at radius 1 is 1.25 bits per heavy atom. The predicted molar refractivity (Wildman–Crippen MR) is 87.0 cm³/mol. The van der Waals surface area contributed by atoms with Crippen LogP contribution in [0.25, 0.3) is 0 Å². The van der Waals surface area contributed by atoms with Gasteiger partial charge in [0, 0.05) is 33.2 Å². The molecule has 1 aliphatic carbocycles. The van der Waals surface area contributed by atoms with Crippen LogP contribution in [-0.2, 0) is 23.9 Å². The Morgan fingerprint density at radius 3 is 2.71 bits per heavy atom. The zero-order chi connectivity index (χ0) is 17.5. The Bertz CT molecular complexity index is 468. The van der Waals surface area contributed by atoms with E-state index in [-0.39, 0.29) is 42.0 Å². The van der Waals surface area contributed by atoms with Gasteiger partial charge in [0.1, 0.15) is 0 Å². The number of nitrogens with zero attached hydrogens (tertiary/aromatic N) is 1. The molecule has 2 fully saturated rings. The van der Waals surface area contributed by atoms with E-state index in [0.717, 1.165) is 25.7 Å². The van der Waals surface area contributed by atoms with Crippen molar-refractivity contribution in [2.24, 2.45) is 17.8 Å². The van der Waals surface area contributed by atoms with Crippen molar-refractivity contribution in [2.45, 2.75) is 32.1 Å². The molecule has 3 atom stereocenters. The third kappa shape index (κ3) is 4.69. The maximum atomic E-state index is 12.4. The second-order valence-electron chi connectivity index (χ2n) is 6.65. The summed E-state index contributed by atoms with van der Waals surface area (Å²) >= 11 is 0. The summed E-state index contributed by atoms with van der Waals surface area (Å²) < 4.78 is 9.86. The van der Waals surface area contributed by atoms with Crippen LogP contribution in [0.3, 0.4) is 0 Å². The molecule has 1 saturated heterocycles. The van der Waals surface area contributed by atoms with Crippen molar-refractivity contribution < 1.29 is 23.9 Å². The second kappa shape index (κ2) is 9.01. The van der Waals surface area contributed by atoms with E-state index in [4.69, 9.17) is 9.47 Å². The van der Waals surface area contributed by atoms with Gasteiger partial charge in [-0.2, -0.15) is 0 Å². The first kappa shape index (κ1) is 18.7. The Morgan fingerprint density at radius 2 is 2.00 bits per heavy atom. The van der Waals surface area contributed by atoms with Gasteiger partial charge in [0.2, 0.25) is 11.8 Å². The summed E-state index contributed by atoms with van der Waals surface area (Å²) in [5, 5.41) is 2.94. The highest BCUT2D eigenvalue weighted by Gasteiger charge is 2.36. The van der Waals surface area contributed by atoms with E-state index < -0.39 is 0 Å². The highest BCUT2D eigenvalue weighted by Crippen LogP contribution is 2.30. The molecule has 2 rings (SSSR count). The highest BCUT2D eigenvalue weighted by molar-refractivity contribution is 5.89. The zero-order valence-corrected chi connectivity index (χ0v) is 14.6. The second-order valence-corrected chi connectivity index (χ2v) is 6.65. The minimum atomic E-state index is -0.311. The SMILES string of the molecule is COCCN1CC(C(=O)NCC2CCCCC2C(=O)OC)CC1=O. The van der Waals surface area contributed by atoms with Crippen LogP contribution in [0.2, 0.25) is 0 Å². The number of hydrogen-bond acceptors (Lipinski definition) is 5.